The third-order valence-electron chi connectivity index (χ3n) is 5.48. The van der Waals surface area contributed by atoms with Crippen LogP contribution in [0.4, 0.5) is 0 Å². The molecule has 4 aliphatic rings. The van der Waals surface area contributed by atoms with Crippen molar-refractivity contribution in [3.63, 3.8) is 0 Å². The van der Waals surface area contributed by atoms with E-state index in [0.29, 0.717) is 5.57 Å². The number of methoxy groups -OCH3 is 1. The van der Waals surface area contributed by atoms with E-state index < -0.39 is 18.0 Å². The monoisotopic (exact) mass is 366 g/mol. The molecule has 0 spiro atoms. The van der Waals surface area contributed by atoms with Crippen molar-refractivity contribution >= 4 is 11.9 Å². The topological polar surface area (TPSA) is 82.1 Å². The van der Waals surface area contributed by atoms with E-state index in [4.69, 9.17) is 9.84 Å². The Morgan fingerprint density at radius 3 is 1.85 bits per heavy atom. The molecule has 0 aromatic carbocycles. The molecule has 26 heavy (non-hydrogen) atoms. The maximum Gasteiger partial charge on any atom is 0.375 e. The highest BCUT2D eigenvalue weighted by Crippen LogP contribution is 2.57. The zero-order valence-electron chi connectivity index (χ0n) is 16.0. The highest BCUT2D eigenvalue weighted by atomic mass is 16.7. The summed E-state index contributed by atoms with van der Waals surface area (Å²) >= 11 is 0. The van der Waals surface area contributed by atoms with Crippen LogP contribution in [0.15, 0.2) is 24.5 Å². The molecule has 4 aliphatic carbocycles. The molecule has 1 unspecified atom stereocenters. The molecule has 0 saturated heterocycles. The molecule has 1 atom stereocenters. The number of hydrogen-bond donors (Lipinski definition) is 1. The molecule has 1 N–H and O–H groups in total. The van der Waals surface area contributed by atoms with E-state index in [9.17, 15) is 9.59 Å². The zero-order chi connectivity index (χ0) is 19.5. The Balaban J connectivity index is 0.000000213. The lowest BCUT2D eigenvalue weighted by molar-refractivity contribution is -0.182. The van der Waals surface area contributed by atoms with Crippen molar-refractivity contribution in [2.75, 3.05) is 7.11 Å². The molecule has 0 aromatic rings. The van der Waals surface area contributed by atoms with Crippen LogP contribution in [0.3, 0.4) is 0 Å². The average molecular weight is 366 g/mol. The number of ether oxygens (including phenoxy) is 3. The Labute approximate surface area is 155 Å². The van der Waals surface area contributed by atoms with Gasteiger partial charge in [-0.3, -0.25) is 0 Å². The van der Waals surface area contributed by atoms with E-state index in [1.165, 1.54) is 33.3 Å². The van der Waals surface area contributed by atoms with Gasteiger partial charge in [-0.25, -0.2) is 9.59 Å². The van der Waals surface area contributed by atoms with Crippen LogP contribution < -0.4 is 0 Å². The molecule has 0 aromatic heterocycles. The number of carbonyl (C=O) groups excluding carboxylic acids is 2. The minimum absolute atomic E-state index is 0.106. The van der Waals surface area contributed by atoms with Gasteiger partial charge < -0.3 is 19.3 Å². The van der Waals surface area contributed by atoms with E-state index in [1.807, 2.05) is 0 Å². The molecule has 146 valence electrons. The minimum Gasteiger partial charge on any atom is -0.502 e. The summed E-state index contributed by atoms with van der Waals surface area (Å²) < 4.78 is 14.8. The fourth-order valence-electron chi connectivity index (χ4n) is 4.71. The van der Waals surface area contributed by atoms with Gasteiger partial charge in [-0.15, -0.1) is 0 Å². The molecular formula is C20H30O6. The fraction of sp³-hybridized carbons (Fsp3) is 0.700. The third-order valence-corrected chi connectivity index (χ3v) is 5.48. The van der Waals surface area contributed by atoms with Crippen LogP contribution in [-0.4, -0.2) is 36.0 Å². The van der Waals surface area contributed by atoms with Gasteiger partial charge in [0.1, 0.15) is 5.60 Å². The molecule has 6 nitrogen and oxygen atoms in total. The Bertz CT molecular complexity index is 544. The maximum absolute atomic E-state index is 11.7. The van der Waals surface area contributed by atoms with E-state index in [1.54, 1.807) is 6.92 Å². The second kappa shape index (κ2) is 8.25. The summed E-state index contributed by atoms with van der Waals surface area (Å²) in [5, 5.41) is 8.44. The van der Waals surface area contributed by atoms with Crippen LogP contribution in [0.5, 0.6) is 0 Å². The molecular weight excluding hydrogens is 336 g/mol. The van der Waals surface area contributed by atoms with E-state index >= 15 is 0 Å². The van der Waals surface area contributed by atoms with Gasteiger partial charge in [-0.1, -0.05) is 6.58 Å². The van der Waals surface area contributed by atoms with Crippen LogP contribution >= 0.6 is 0 Å². The fourth-order valence-corrected chi connectivity index (χ4v) is 4.71. The molecule has 4 fully saturated rings. The van der Waals surface area contributed by atoms with Crippen LogP contribution in [0.25, 0.3) is 0 Å². The molecule has 4 saturated carbocycles. The molecule has 0 aliphatic heterocycles. The number of carbonyl (C=O) groups is 2. The number of hydrogen-bond acceptors (Lipinski definition) is 6. The van der Waals surface area contributed by atoms with Crippen molar-refractivity contribution in [2.45, 2.75) is 64.3 Å². The third kappa shape index (κ3) is 5.10. The summed E-state index contributed by atoms with van der Waals surface area (Å²) in [7, 11) is 1.39. The first kappa shape index (κ1) is 20.5. The summed E-state index contributed by atoms with van der Waals surface area (Å²) in [5.41, 5.74) is 0.431. The first-order chi connectivity index (χ1) is 12.1. The Morgan fingerprint density at radius 2 is 1.50 bits per heavy atom. The van der Waals surface area contributed by atoms with Crippen LogP contribution in [0.2, 0.25) is 0 Å². The summed E-state index contributed by atoms with van der Waals surface area (Å²) in [4.78, 5) is 22.2. The van der Waals surface area contributed by atoms with Crippen LogP contribution in [-0.2, 0) is 23.8 Å². The first-order valence-corrected chi connectivity index (χ1v) is 9.14. The van der Waals surface area contributed by atoms with Gasteiger partial charge in [0.05, 0.1) is 0 Å². The maximum atomic E-state index is 11.7. The first-order valence-electron chi connectivity index (χ1n) is 9.14. The van der Waals surface area contributed by atoms with Crippen LogP contribution in [0.1, 0.15) is 52.4 Å². The SMILES string of the molecule is C=C(C)C(=O)OC12CC3CC(CC(C3)C1)C2.C=C(O)C(=O)OC(C)OC. The minimum atomic E-state index is -0.866. The van der Waals surface area contributed by atoms with Crippen molar-refractivity contribution in [2.24, 2.45) is 17.8 Å². The highest BCUT2D eigenvalue weighted by molar-refractivity contribution is 5.87. The van der Waals surface area contributed by atoms with E-state index in [0.717, 1.165) is 37.0 Å². The molecule has 0 amide bonds. The van der Waals surface area contributed by atoms with Crippen LogP contribution in [0, 0.1) is 17.8 Å². The van der Waals surface area contributed by atoms with E-state index in [2.05, 4.69) is 22.6 Å². The average Bonchev–Trinajstić information content (AvgIpc) is 2.53. The molecule has 6 heteroatoms. The van der Waals surface area contributed by atoms with Gasteiger partial charge in [-0.2, -0.15) is 0 Å². The normalized spacial score (nSPS) is 32.0. The van der Waals surface area contributed by atoms with Crippen molar-refractivity contribution in [1.29, 1.82) is 0 Å². The predicted octanol–water partition coefficient (Wildman–Crippen LogP) is 3.67. The Morgan fingerprint density at radius 1 is 1.04 bits per heavy atom. The van der Waals surface area contributed by atoms with Gasteiger partial charge in [0.2, 0.25) is 0 Å². The van der Waals surface area contributed by atoms with Crippen molar-refractivity contribution in [1.82, 2.24) is 0 Å². The summed E-state index contributed by atoms with van der Waals surface area (Å²) in [6, 6.07) is 0. The largest absolute Gasteiger partial charge is 0.502 e. The standard InChI is InChI=1S/C14H20O2.C6H10O4/c1-9(2)13(15)16-14-6-10-3-11(7-14)5-12(4-10)8-14;1-4(7)6(8)10-5(2)9-3/h10-12H,1,3-8H2,2H3;5,7H,1H2,2-3H3. The van der Waals surface area contributed by atoms with Crippen molar-refractivity contribution in [3.05, 3.63) is 24.5 Å². The van der Waals surface area contributed by atoms with Gasteiger partial charge in [0.15, 0.2) is 12.0 Å². The second-order valence-corrected chi connectivity index (χ2v) is 7.93. The molecule has 0 radical (unpaired) electrons. The lowest BCUT2D eigenvalue weighted by Gasteiger charge is -2.55. The van der Waals surface area contributed by atoms with Gasteiger partial charge in [0.25, 0.3) is 0 Å². The highest BCUT2D eigenvalue weighted by Gasteiger charge is 2.53. The summed E-state index contributed by atoms with van der Waals surface area (Å²) in [6.07, 6.45) is 6.81. The van der Waals surface area contributed by atoms with Crippen molar-refractivity contribution in [3.8, 4) is 0 Å². The molecule has 0 heterocycles. The lowest BCUT2D eigenvalue weighted by Crippen LogP contribution is -2.52. The number of rotatable bonds is 5. The van der Waals surface area contributed by atoms with Crippen molar-refractivity contribution < 1.29 is 28.9 Å². The quantitative estimate of drug-likeness (QED) is 0.346. The van der Waals surface area contributed by atoms with Gasteiger partial charge in [0, 0.05) is 12.7 Å². The summed E-state index contributed by atoms with van der Waals surface area (Å²) in [6.45, 7) is 9.91. The summed E-state index contributed by atoms with van der Waals surface area (Å²) in [5.74, 6) is 0.803. The van der Waals surface area contributed by atoms with Gasteiger partial charge >= 0.3 is 11.9 Å². The number of esters is 2. The van der Waals surface area contributed by atoms with Gasteiger partial charge in [-0.05, 0) is 76.7 Å². The zero-order valence-corrected chi connectivity index (χ0v) is 16.0. The van der Waals surface area contributed by atoms with E-state index in [-0.39, 0.29) is 11.6 Å². The molecule has 4 rings (SSSR count). The number of aliphatic hydroxyl groups is 1. The Hall–Kier alpha value is -1.82. The lowest BCUT2D eigenvalue weighted by atomic mass is 9.54. The Kier molecular flexibility index (Phi) is 6.50. The molecule has 4 bridgehead atoms. The number of aliphatic hydroxyl groups excluding tert-OH is 1. The second-order valence-electron chi connectivity index (χ2n) is 7.93. The smallest absolute Gasteiger partial charge is 0.375 e. The predicted molar refractivity (Wildman–Crippen MR) is 96.1 cm³/mol.